The average Bonchev–Trinajstić information content (AvgIpc) is 2.86. The van der Waals surface area contributed by atoms with Crippen molar-refractivity contribution < 1.29 is 14.3 Å². The molecule has 0 aromatic heterocycles. The highest BCUT2D eigenvalue weighted by Crippen LogP contribution is 2.46. The van der Waals surface area contributed by atoms with Crippen molar-refractivity contribution in [2.24, 2.45) is 0 Å². The largest absolute Gasteiger partial charge is 0.484 e. The Bertz CT molecular complexity index is 636. The second-order valence-corrected chi connectivity index (χ2v) is 5.07. The standard InChI is InChI=1S/C16H13ClO3/c1-19-16(18)14-12-4-2-3-5-13(12)20-15(14)10-6-8-11(17)9-7-10/h2-9,14-15H,1H3/t14-,15-/m0/s1. The minimum Gasteiger partial charge on any atom is -0.484 e. The van der Waals surface area contributed by atoms with Crippen molar-refractivity contribution in [2.45, 2.75) is 12.0 Å². The van der Waals surface area contributed by atoms with Crippen LogP contribution in [0.1, 0.15) is 23.1 Å². The Balaban J connectivity index is 2.03. The lowest BCUT2D eigenvalue weighted by Gasteiger charge is -2.17. The third-order valence-corrected chi connectivity index (χ3v) is 3.72. The molecule has 1 aliphatic heterocycles. The van der Waals surface area contributed by atoms with E-state index < -0.39 is 5.92 Å². The fraction of sp³-hybridized carbons (Fsp3) is 0.188. The molecule has 102 valence electrons. The van der Waals surface area contributed by atoms with Crippen molar-refractivity contribution in [1.29, 1.82) is 0 Å². The molecule has 0 unspecified atom stereocenters. The van der Waals surface area contributed by atoms with Gasteiger partial charge in [0.2, 0.25) is 0 Å². The number of methoxy groups -OCH3 is 1. The quantitative estimate of drug-likeness (QED) is 0.790. The van der Waals surface area contributed by atoms with Crippen molar-refractivity contribution in [2.75, 3.05) is 7.11 Å². The van der Waals surface area contributed by atoms with Crippen LogP contribution in [-0.2, 0) is 9.53 Å². The summed E-state index contributed by atoms with van der Waals surface area (Å²) in [6.07, 6.45) is -0.378. The molecule has 2 atom stereocenters. The lowest BCUT2D eigenvalue weighted by Crippen LogP contribution is -2.20. The predicted octanol–water partition coefficient (Wildman–Crippen LogP) is 3.73. The van der Waals surface area contributed by atoms with Gasteiger partial charge < -0.3 is 9.47 Å². The number of esters is 1. The van der Waals surface area contributed by atoms with E-state index in [9.17, 15) is 4.79 Å². The minimum atomic E-state index is -0.447. The summed E-state index contributed by atoms with van der Waals surface area (Å²) < 4.78 is 10.8. The number of ether oxygens (including phenoxy) is 2. The number of para-hydroxylation sites is 1. The smallest absolute Gasteiger partial charge is 0.317 e. The fourth-order valence-corrected chi connectivity index (χ4v) is 2.63. The highest BCUT2D eigenvalue weighted by atomic mass is 35.5. The molecule has 1 aliphatic rings. The Labute approximate surface area is 122 Å². The average molecular weight is 289 g/mol. The summed E-state index contributed by atoms with van der Waals surface area (Å²) >= 11 is 5.90. The van der Waals surface area contributed by atoms with Crippen molar-refractivity contribution >= 4 is 17.6 Å². The van der Waals surface area contributed by atoms with Crippen molar-refractivity contribution in [1.82, 2.24) is 0 Å². The van der Waals surface area contributed by atoms with Crippen LogP contribution < -0.4 is 4.74 Å². The van der Waals surface area contributed by atoms with Gasteiger partial charge in [0.15, 0.2) is 0 Å². The maximum absolute atomic E-state index is 12.1. The summed E-state index contributed by atoms with van der Waals surface area (Å²) in [5.74, 6) is -0.0184. The van der Waals surface area contributed by atoms with Crippen LogP contribution in [0.3, 0.4) is 0 Å². The van der Waals surface area contributed by atoms with Gasteiger partial charge in [-0.15, -0.1) is 0 Å². The van der Waals surface area contributed by atoms with Gasteiger partial charge in [-0.1, -0.05) is 41.9 Å². The monoisotopic (exact) mass is 288 g/mol. The molecule has 3 rings (SSSR count). The number of carbonyl (C=O) groups is 1. The van der Waals surface area contributed by atoms with Gasteiger partial charge in [0.05, 0.1) is 7.11 Å². The molecule has 20 heavy (non-hydrogen) atoms. The van der Waals surface area contributed by atoms with Crippen molar-refractivity contribution in [3.8, 4) is 5.75 Å². The maximum Gasteiger partial charge on any atom is 0.317 e. The second kappa shape index (κ2) is 5.17. The van der Waals surface area contributed by atoms with E-state index in [2.05, 4.69) is 0 Å². The molecule has 0 N–H and O–H groups in total. The van der Waals surface area contributed by atoms with E-state index in [1.165, 1.54) is 7.11 Å². The van der Waals surface area contributed by atoms with Crippen LogP contribution in [0, 0.1) is 0 Å². The molecule has 1 heterocycles. The highest BCUT2D eigenvalue weighted by Gasteiger charge is 2.41. The number of benzene rings is 2. The van der Waals surface area contributed by atoms with Gasteiger partial charge in [0.25, 0.3) is 0 Å². The lowest BCUT2D eigenvalue weighted by atomic mass is 9.91. The molecular formula is C16H13ClO3. The zero-order valence-electron chi connectivity index (χ0n) is 10.9. The van der Waals surface area contributed by atoms with Crippen LogP contribution in [0.15, 0.2) is 48.5 Å². The Morgan fingerprint density at radius 3 is 2.55 bits per heavy atom. The summed E-state index contributed by atoms with van der Waals surface area (Å²) in [4.78, 5) is 12.1. The lowest BCUT2D eigenvalue weighted by molar-refractivity contribution is -0.144. The summed E-state index contributed by atoms with van der Waals surface area (Å²) in [7, 11) is 1.39. The van der Waals surface area contributed by atoms with Gasteiger partial charge in [-0.25, -0.2) is 0 Å². The first-order chi connectivity index (χ1) is 9.70. The number of rotatable bonds is 2. The summed E-state index contributed by atoms with van der Waals surface area (Å²) in [6, 6.07) is 14.9. The molecule has 4 heteroatoms. The topological polar surface area (TPSA) is 35.5 Å². The van der Waals surface area contributed by atoms with E-state index in [1.54, 1.807) is 12.1 Å². The van der Waals surface area contributed by atoms with E-state index >= 15 is 0 Å². The SMILES string of the molecule is COC(=O)[C@H]1c2ccccc2O[C@H]1c1ccc(Cl)cc1. The second-order valence-electron chi connectivity index (χ2n) is 4.63. The summed E-state index contributed by atoms with van der Waals surface area (Å²) in [5.41, 5.74) is 1.76. The Hall–Kier alpha value is -2.00. The number of halogens is 1. The molecule has 0 spiro atoms. The van der Waals surface area contributed by atoms with Gasteiger partial charge in [0.1, 0.15) is 17.8 Å². The normalized spacial score (nSPS) is 20.1. The predicted molar refractivity (Wildman–Crippen MR) is 76.0 cm³/mol. The number of fused-ring (bicyclic) bond motifs is 1. The summed E-state index contributed by atoms with van der Waals surface area (Å²) in [5, 5.41) is 0.652. The molecular weight excluding hydrogens is 276 g/mol. The molecule has 2 aromatic carbocycles. The van der Waals surface area contributed by atoms with Gasteiger partial charge in [-0.2, -0.15) is 0 Å². The van der Waals surface area contributed by atoms with E-state index in [0.29, 0.717) is 5.02 Å². The van der Waals surface area contributed by atoms with Gasteiger partial charge in [0, 0.05) is 10.6 Å². The van der Waals surface area contributed by atoms with E-state index in [-0.39, 0.29) is 12.1 Å². The zero-order valence-corrected chi connectivity index (χ0v) is 11.6. The molecule has 2 aromatic rings. The van der Waals surface area contributed by atoms with Crippen LogP contribution in [0.5, 0.6) is 5.75 Å². The van der Waals surface area contributed by atoms with Gasteiger partial charge in [-0.05, 0) is 23.8 Å². The number of carbonyl (C=O) groups excluding carboxylic acids is 1. The molecule has 0 fully saturated rings. The number of hydrogen-bond donors (Lipinski definition) is 0. The maximum atomic E-state index is 12.1. The molecule has 0 saturated carbocycles. The first-order valence-electron chi connectivity index (χ1n) is 6.29. The molecule has 0 aliphatic carbocycles. The first-order valence-corrected chi connectivity index (χ1v) is 6.67. The van der Waals surface area contributed by atoms with Crippen LogP contribution >= 0.6 is 11.6 Å². The van der Waals surface area contributed by atoms with Crippen LogP contribution in [-0.4, -0.2) is 13.1 Å². The van der Waals surface area contributed by atoms with Crippen LogP contribution in [0.25, 0.3) is 0 Å². The molecule has 0 amide bonds. The number of hydrogen-bond acceptors (Lipinski definition) is 3. The molecule has 3 nitrogen and oxygen atoms in total. The Kier molecular flexibility index (Phi) is 3.36. The van der Waals surface area contributed by atoms with Crippen molar-refractivity contribution in [3.63, 3.8) is 0 Å². The Morgan fingerprint density at radius 2 is 1.85 bits per heavy atom. The van der Waals surface area contributed by atoms with Gasteiger partial charge in [-0.3, -0.25) is 4.79 Å². The fourth-order valence-electron chi connectivity index (χ4n) is 2.50. The summed E-state index contributed by atoms with van der Waals surface area (Å²) in [6.45, 7) is 0. The molecule has 0 saturated heterocycles. The minimum absolute atomic E-state index is 0.296. The van der Waals surface area contributed by atoms with Crippen LogP contribution in [0.4, 0.5) is 0 Å². The van der Waals surface area contributed by atoms with E-state index in [4.69, 9.17) is 21.1 Å². The molecule has 0 radical (unpaired) electrons. The van der Waals surface area contributed by atoms with Gasteiger partial charge >= 0.3 is 5.97 Å². The Morgan fingerprint density at radius 1 is 1.15 bits per heavy atom. The third kappa shape index (κ3) is 2.14. The zero-order chi connectivity index (χ0) is 14.1. The van der Waals surface area contributed by atoms with Crippen LogP contribution in [0.2, 0.25) is 5.02 Å². The van der Waals surface area contributed by atoms with Crippen molar-refractivity contribution in [3.05, 3.63) is 64.7 Å². The van der Waals surface area contributed by atoms with E-state index in [1.807, 2.05) is 36.4 Å². The highest BCUT2D eigenvalue weighted by molar-refractivity contribution is 6.30. The molecule has 0 bridgehead atoms. The van der Waals surface area contributed by atoms with E-state index in [0.717, 1.165) is 16.9 Å². The first kappa shape index (κ1) is 13.0. The third-order valence-electron chi connectivity index (χ3n) is 3.46.